The van der Waals surface area contributed by atoms with Crippen LogP contribution in [0.2, 0.25) is 5.02 Å². The molecule has 0 aromatic heterocycles. The van der Waals surface area contributed by atoms with Crippen molar-refractivity contribution in [2.45, 2.75) is 6.42 Å². The van der Waals surface area contributed by atoms with Crippen molar-refractivity contribution >= 4 is 23.3 Å². The first-order valence-corrected chi connectivity index (χ1v) is 8.65. The van der Waals surface area contributed by atoms with E-state index in [-0.39, 0.29) is 6.03 Å². The van der Waals surface area contributed by atoms with E-state index in [0.717, 1.165) is 37.5 Å². The highest BCUT2D eigenvalue weighted by atomic mass is 35.5. The third-order valence-corrected chi connectivity index (χ3v) is 4.34. The molecular weight excluding hydrogens is 328 g/mol. The number of carbonyl (C=O) groups is 1. The first-order valence-electron chi connectivity index (χ1n) is 8.27. The summed E-state index contributed by atoms with van der Waals surface area (Å²) in [7, 11) is 5.72. The minimum atomic E-state index is 0.0199. The van der Waals surface area contributed by atoms with E-state index in [0.29, 0.717) is 24.7 Å². The number of nitrogens with zero attached hydrogens (tertiary/aromatic N) is 3. The molecule has 0 aliphatic carbocycles. The Labute approximate surface area is 149 Å². The summed E-state index contributed by atoms with van der Waals surface area (Å²) in [6.07, 6.45) is 0.957. The topological polar surface area (TPSA) is 48.1 Å². The third-order valence-electron chi connectivity index (χ3n) is 4.11. The number of hydrogen-bond donors (Lipinski definition) is 1. The van der Waals surface area contributed by atoms with Crippen molar-refractivity contribution in [1.82, 2.24) is 15.1 Å². The van der Waals surface area contributed by atoms with E-state index in [9.17, 15) is 4.79 Å². The van der Waals surface area contributed by atoms with Crippen LogP contribution in [0.1, 0.15) is 6.42 Å². The molecule has 7 heteroatoms. The third kappa shape index (κ3) is 5.18. The number of nitrogens with one attached hydrogen (secondary N) is 1. The van der Waals surface area contributed by atoms with E-state index in [1.807, 2.05) is 37.2 Å². The molecule has 24 heavy (non-hydrogen) atoms. The van der Waals surface area contributed by atoms with Crippen molar-refractivity contribution in [1.29, 1.82) is 0 Å². The number of benzene rings is 1. The van der Waals surface area contributed by atoms with Gasteiger partial charge in [-0.2, -0.15) is 0 Å². The highest BCUT2D eigenvalue weighted by Crippen LogP contribution is 2.31. The highest BCUT2D eigenvalue weighted by Gasteiger charge is 2.22. The fourth-order valence-corrected chi connectivity index (χ4v) is 2.93. The van der Waals surface area contributed by atoms with Crippen molar-refractivity contribution in [2.24, 2.45) is 0 Å². The fourth-order valence-electron chi connectivity index (χ4n) is 2.76. The number of amides is 2. The van der Waals surface area contributed by atoms with E-state index in [4.69, 9.17) is 16.3 Å². The summed E-state index contributed by atoms with van der Waals surface area (Å²) in [4.78, 5) is 18.4. The van der Waals surface area contributed by atoms with Crippen LogP contribution < -0.4 is 15.0 Å². The lowest BCUT2D eigenvalue weighted by Gasteiger charge is -2.36. The smallest absolute Gasteiger partial charge is 0.317 e. The van der Waals surface area contributed by atoms with Crippen LogP contribution in [0, 0.1) is 0 Å². The second kappa shape index (κ2) is 8.99. The van der Waals surface area contributed by atoms with Gasteiger partial charge in [-0.1, -0.05) is 11.6 Å². The number of urea groups is 1. The Morgan fingerprint density at radius 2 is 2.00 bits per heavy atom. The number of piperazine rings is 1. The Morgan fingerprint density at radius 1 is 1.29 bits per heavy atom. The zero-order valence-electron chi connectivity index (χ0n) is 14.7. The fraction of sp³-hybridized carbons (Fsp3) is 0.588. The zero-order chi connectivity index (χ0) is 17.5. The maximum atomic E-state index is 12.2. The lowest BCUT2D eigenvalue weighted by molar-refractivity contribution is 0.194. The normalized spacial score (nSPS) is 14.9. The van der Waals surface area contributed by atoms with E-state index >= 15 is 0 Å². The first-order chi connectivity index (χ1) is 11.5. The Bertz CT molecular complexity index is 545. The van der Waals surface area contributed by atoms with E-state index in [2.05, 4.69) is 15.1 Å². The van der Waals surface area contributed by atoms with Gasteiger partial charge in [-0.15, -0.1) is 0 Å². The lowest BCUT2D eigenvalue weighted by atomic mass is 10.2. The van der Waals surface area contributed by atoms with Crippen LogP contribution >= 0.6 is 11.6 Å². The summed E-state index contributed by atoms with van der Waals surface area (Å²) in [5.41, 5.74) is 0.982. The molecule has 2 rings (SSSR count). The quantitative estimate of drug-likeness (QED) is 0.795. The van der Waals surface area contributed by atoms with Crippen LogP contribution in [-0.2, 0) is 0 Å². The molecule has 0 unspecified atom stereocenters. The van der Waals surface area contributed by atoms with Crippen molar-refractivity contribution < 1.29 is 9.53 Å². The molecule has 0 atom stereocenters. The molecule has 0 spiro atoms. The van der Waals surface area contributed by atoms with Gasteiger partial charge in [0.05, 0.1) is 12.8 Å². The first kappa shape index (κ1) is 18.7. The van der Waals surface area contributed by atoms with Gasteiger partial charge in [0.25, 0.3) is 0 Å². The molecule has 6 nitrogen and oxygen atoms in total. The Balaban J connectivity index is 1.83. The molecule has 1 aromatic rings. The average molecular weight is 355 g/mol. The van der Waals surface area contributed by atoms with E-state index in [1.165, 1.54) is 0 Å². The highest BCUT2D eigenvalue weighted by molar-refractivity contribution is 6.30. The molecule has 134 valence electrons. The lowest BCUT2D eigenvalue weighted by Crippen LogP contribution is -2.52. The molecule has 1 aromatic carbocycles. The molecule has 1 aliphatic heterocycles. The van der Waals surface area contributed by atoms with Gasteiger partial charge in [0, 0.05) is 37.7 Å². The summed E-state index contributed by atoms with van der Waals surface area (Å²) >= 11 is 6.11. The number of methoxy groups -OCH3 is 1. The van der Waals surface area contributed by atoms with Gasteiger partial charge in [-0.25, -0.2) is 4.79 Å². The molecular formula is C17H27ClN4O2. The molecule has 2 amide bonds. The molecule has 1 saturated heterocycles. The zero-order valence-corrected chi connectivity index (χ0v) is 15.5. The standard InChI is InChI=1S/C17H27ClN4O2/c1-20(2)8-4-7-19-17(23)22-11-9-21(10-12-22)15-13-14(18)5-6-16(15)24-3/h5-6,13H,4,7-12H2,1-3H3,(H,19,23). The SMILES string of the molecule is COc1ccc(Cl)cc1N1CCN(C(=O)NCCCN(C)C)CC1. The number of hydrogen-bond acceptors (Lipinski definition) is 4. The Morgan fingerprint density at radius 3 is 2.62 bits per heavy atom. The molecule has 1 heterocycles. The largest absolute Gasteiger partial charge is 0.495 e. The van der Waals surface area contributed by atoms with Crippen LogP contribution in [0.5, 0.6) is 5.75 Å². The average Bonchev–Trinajstić information content (AvgIpc) is 2.58. The van der Waals surface area contributed by atoms with Crippen LogP contribution in [0.15, 0.2) is 18.2 Å². The number of ether oxygens (including phenoxy) is 1. The van der Waals surface area contributed by atoms with Gasteiger partial charge in [0.2, 0.25) is 0 Å². The van der Waals surface area contributed by atoms with Crippen LogP contribution in [-0.4, -0.2) is 76.3 Å². The summed E-state index contributed by atoms with van der Waals surface area (Å²) in [6, 6.07) is 5.63. The Kier molecular flexibility index (Phi) is 6.99. The molecule has 1 aliphatic rings. The monoisotopic (exact) mass is 354 g/mol. The van der Waals surface area contributed by atoms with Crippen molar-refractivity contribution in [2.75, 3.05) is 65.4 Å². The van der Waals surface area contributed by atoms with Gasteiger partial charge in [0.15, 0.2) is 0 Å². The van der Waals surface area contributed by atoms with Gasteiger partial charge in [0.1, 0.15) is 5.75 Å². The van der Waals surface area contributed by atoms with Crippen LogP contribution in [0.25, 0.3) is 0 Å². The van der Waals surface area contributed by atoms with E-state index < -0.39 is 0 Å². The second-order valence-corrected chi connectivity index (χ2v) is 6.62. The summed E-state index contributed by atoms with van der Waals surface area (Å²) in [5.74, 6) is 0.806. The predicted molar refractivity (Wildman–Crippen MR) is 98.4 cm³/mol. The van der Waals surface area contributed by atoms with Gasteiger partial charge in [-0.05, 0) is 45.3 Å². The van der Waals surface area contributed by atoms with Gasteiger partial charge < -0.3 is 24.8 Å². The van der Waals surface area contributed by atoms with Crippen molar-refractivity contribution in [3.63, 3.8) is 0 Å². The minimum absolute atomic E-state index is 0.0199. The number of anilines is 1. The molecule has 0 radical (unpaired) electrons. The number of halogens is 1. The van der Waals surface area contributed by atoms with Crippen LogP contribution in [0.3, 0.4) is 0 Å². The number of rotatable bonds is 6. The summed E-state index contributed by atoms with van der Waals surface area (Å²) in [5, 5.41) is 3.68. The minimum Gasteiger partial charge on any atom is -0.495 e. The molecule has 1 fully saturated rings. The summed E-state index contributed by atoms with van der Waals surface area (Å²) < 4.78 is 5.42. The van der Waals surface area contributed by atoms with Gasteiger partial charge >= 0.3 is 6.03 Å². The molecule has 0 bridgehead atoms. The van der Waals surface area contributed by atoms with Gasteiger partial charge in [-0.3, -0.25) is 0 Å². The second-order valence-electron chi connectivity index (χ2n) is 6.18. The van der Waals surface area contributed by atoms with E-state index in [1.54, 1.807) is 7.11 Å². The maximum Gasteiger partial charge on any atom is 0.317 e. The van der Waals surface area contributed by atoms with Crippen LogP contribution in [0.4, 0.5) is 10.5 Å². The summed E-state index contributed by atoms with van der Waals surface area (Å²) in [6.45, 7) is 4.59. The molecule has 1 N–H and O–H groups in total. The van der Waals surface area contributed by atoms with Crippen molar-refractivity contribution in [3.8, 4) is 5.75 Å². The number of carbonyl (C=O) groups excluding carboxylic acids is 1. The molecule has 0 saturated carbocycles. The Hall–Kier alpha value is -1.66. The maximum absolute atomic E-state index is 12.2. The van der Waals surface area contributed by atoms with Crippen molar-refractivity contribution in [3.05, 3.63) is 23.2 Å². The predicted octanol–water partition coefficient (Wildman–Crippen LogP) is 2.13.